The maximum absolute atomic E-state index is 9.25. The molecule has 0 spiro atoms. The minimum absolute atomic E-state index is 0.0310. The summed E-state index contributed by atoms with van der Waals surface area (Å²) in [6.07, 6.45) is 0.901. The van der Waals surface area contributed by atoms with Crippen molar-refractivity contribution in [3.63, 3.8) is 0 Å². The fraction of sp³-hybridized carbons (Fsp3) is 0.500. The van der Waals surface area contributed by atoms with Crippen LogP contribution >= 0.6 is 11.6 Å². The van der Waals surface area contributed by atoms with E-state index in [9.17, 15) is 5.11 Å². The Labute approximate surface area is 102 Å². The Morgan fingerprint density at radius 2 is 2.12 bits per heavy atom. The molecule has 1 atom stereocenters. The van der Waals surface area contributed by atoms with Crippen LogP contribution in [0.1, 0.15) is 20.3 Å². The third-order valence-corrected chi connectivity index (χ3v) is 2.58. The summed E-state index contributed by atoms with van der Waals surface area (Å²) in [6, 6.07) is 5.35. The summed E-state index contributed by atoms with van der Waals surface area (Å²) in [5.41, 5.74) is 7.26. The second-order valence-electron chi connectivity index (χ2n) is 4.38. The van der Waals surface area contributed by atoms with Crippen molar-refractivity contribution in [3.05, 3.63) is 23.2 Å². The summed E-state index contributed by atoms with van der Waals surface area (Å²) in [5.74, 6) is 0.526. The van der Waals surface area contributed by atoms with E-state index in [0.717, 1.165) is 12.1 Å². The average Bonchev–Trinajstić information content (AvgIpc) is 2.20. The van der Waals surface area contributed by atoms with E-state index < -0.39 is 0 Å². The van der Waals surface area contributed by atoms with Gasteiger partial charge in [-0.05, 0) is 30.5 Å². The monoisotopic (exact) mass is 242 g/mol. The molecule has 0 heterocycles. The summed E-state index contributed by atoms with van der Waals surface area (Å²) < 4.78 is 0. The highest BCUT2D eigenvalue weighted by molar-refractivity contribution is 6.31. The number of rotatable bonds is 5. The van der Waals surface area contributed by atoms with Gasteiger partial charge < -0.3 is 16.2 Å². The Hall–Kier alpha value is -0.930. The molecule has 0 aliphatic rings. The van der Waals surface area contributed by atoms with Gasteiger partial charge in [-0.2, -0.15) is 0 Å². The molecule has 1 unspecified atom stereocenters. The van der Waals surface area contributed by atoms with Crippen molar-refractivity contribution in [1.82, 2.24) is 0 Å². The van der Waals surface area contributed by atoms with E-state index in [0.29, 0.717) is 16.6 Å². The lowest BCUT2D eigenvalue weighted by Crippen LogP contribution is -2.26. The van der Waals surface area contributed by atoms with E-state index >= 15 is 0 Å². The highest BCUT2D eigenvalue weighted by Crippen LogP contribution is 2.24. The van der Waals surface area contributed by atoms with Crippen LogP contribution in [0.3, 0.4) is 0 Å². The zero-order valence-electron chi connectivity index (χ0n) is 9.70. The fourth-order valence-corrected chi connectivity index (χ4v) is 1.81. The molecule has 0 radical (unpaired) electrons. The number of halogens is 1. The zero-order chi connectivity index (χ0) is 12.1. The number of aliphatic hydroxyl groups is 1. The molecule has 0 aliphatic carbocycles. The first kappa shape index (κ1) is 13.1. The van der Waals surface area contributed by atoms with Crippen LogP contribution in [-0.2, 0) is 0 Å². The first-order valence-corrected chi connectivity index (χ1v) is 5.83. The molecule has 1 rings (SSSR count). The Morgan fingerprint density at radius 1 is 1.44 bits per heavy atom. The molecule has 90 valence electrons. The normalized spacial score (nSPS) is 12.8. The van der Waals surface area contributed by atoms with Crippen molar-refractivity contribution in [1.29, 1.82) is 0 Å². The zero-order valence-corrected chi connectivity index (χ0v) is 10.5. The first-order chi connectivity index (χ1) is 7.52. The lowest BCUT2D eigenvalue weighted by Gasteiger charge is -2.20. The predicted octanol–water partition coefficient (Wildman–Crippen LogP) is 2.74. The minimum atomic E-state index is 0.0310. The molecule has 4 heteroatoms. The predicted molar refractivity (Wildman–Crippen MR) is 69.8 cm³/mol. The van der Waals surface area contributed by atoms with Crippen molar-refractivity contribution < 1.29 is 5.11 Å². The van der Waals surface area contributed by atoms with Crippen molar-refractivity contribution >= 4 is 23.0 Å². The molecule has 1 aromatic carbocycles. The topological polar surface area (TPSA) is 58.3 Å². The van der Waals surface area contributed by atoms with Crippen LogP contribution < -0.4 is 11.1 Å². The van der Waals surface area contributed by atoms with Gasteiger partial charge in [0.2, 0.25) is 0 Å². The number of hydrogen-bond donors (Lipinski definition) is 3. The van der Waals surface area contributed by atoms with Gasteiger partial charge in [0.25, 0.3) is 0 Å². The quantitative estimate of drug-likeness (QED) is 0.696. The van der Waals surface area contributed by atoms with Crippen LogP contribution in [0.5, 0.6) is 0 Å². The number of nitrogens with one attached hydrogen (secondary N) is 1. The molecule has 0 saturated carbocycles. The first-order valence-electron chi connectivity index (χ1n) is 5.45. The lowest BCUT2D eigenvalue weighted by molar-refractivity contribution is 0.259. The van der Waals surface area contributed by atoms with E-state index in [1.54, 1.807) is 12.1 Å². The van der Waals surface area contributed by atoms with Crippen LogP contribution in [0.4, 0.5) is 11.4 Å². The van der Waals surface area contributed by atoms with Crippen molar-refractivity contribution in [2.75, 3.05) is 17.7 Å². The van der Waals surface area contributed by atoms with E-state index in [1.165, 1.54) is 0 Å². The molecule has 1 aromatic rings. The Kier molecular flexibility index (Phi) is 4.90. The average molecular weight is 243 g/mol. The number of hydrogen-bond acceptors (Lipinski definition) is 3. The Bertz CT molecular complexity index is 342. The minimum Gasteiger partial charge on any atom is -0.397 e. The summed E-state index contributed by atoms with van der Waals surface area (Å²) in [6.45, 7) is 4.34. The molecular formula is C12H19ClN2O. The molecule has 0 bridgehead atoms. The van der Waals surface area contributed by atoms with Crippen LogP contribution in [-0.4, -0.2) is 17.8 Å². The maximum Gasteiger partial charge on any atom is 0.0632 e. The molecule has 0 amide bonds. The number of benzene rings is 1. The van der Waals surface area contributed by atoms with Gasteiger partial charge in [0, 0.05) is 11.1 Å². The van der Waals surface area contributed by atoms with Gasteiger partial charge in [-0.25, -0.2) is 0 Å². The highest BCUT2D eigenvalue weighted by atomic mass is 35.5. The van der Waals surface area contributed by atoms with Crippen LogP contribution in [0, 0.1) is 5.92 Å². The van der Waals surface area contributed by atoms with Gasteiger partial charge in [0.05, 0.1) is 18.0 Å². The van der Waals surface area contributed by atoms with Gasteiger partial charge in [-0.15, -0.1) is 0 Å². The smallest absolute Gasteiger partial charge is 0.0632 e. The third kappa shape index (κ3) is 3.91. The fourth-order valence-electron chi connectivity index (χ4n) is 1.63. The summed E-state index contributed by atoms with van der Waals surface area (Å²) in [4.78, 5) is 0. The highest BCUT2D eigenvalue weighted by Gasteiger charge is 2.10. The maximum atomic E-state index is 9.25. The van der Waals surface area contributed by atoms with E-state index in [-0.39, 0.29) is 12.6 Å². The van der Waals surface area contributed by atoms with Crippen molar-refractivity contribution in [2.24, 2.45) is 5.92 Å². The Balaban J connectivity index is 2.70. The summed E-state index contributed by atoms with van der Waals surface area (Å²) in [7, 11) is 0. The second kappa shape index (κ2) is 5.97. The van der Waals surface area contributed by atoms with Gasteiger partial charge in [-0.3, -0.25) is 0 Å². The van der Waals surface area contributed by atoms with Crippen LogP contribution in [0.25, 0.3) is 0 Å². The second-order valence-corrected chi connectivity index (χ2v) is 4.82. The van der Waals surface area contributed by atoms with Gasteiger partial charge in [0.1, 0.15) is 0 Å². The van der Waals surface area contributed by atoms with E-state index in [2.05, 4.69) is 19.2 Å². The summed E-state index contributed by atoms with van der Waals surface area (Å²) in [5, 5.41) is 13.1. The van der Waals surface area contributed by atoms with Crippen LogP contribution in [0.15, 0.2) is 18.2 Å². The van der Waals surface area contributed by atoms with Crippen molar-refractivity contribution in [3.8, 4) is 0 Å². The summed E-state index contributed by atoms with van der Waals surface area (Å²) >= 11 is 5.81. The molecule has 3 nitrogen and oxygen atoms in total. The number of nitrogens with two attached hydrogens (primary N) is 1. The van der Waals surface area contributed by atoms with E-state index in [1.807, 2.05) is 6.07 Å². The molecule has 0 fully saturated rings. The molecule has 0 aliphatic heterocycles. The van der Waals surface area contributed by atoms with Gasteiger partial charge >= 0.3 is 0 Å². The molecule has 0 aromatic heterocycles. The molecule has 4 N–H and O–H groups in total. The van der Waals surface area contributed by atoms with Gasteiger partial charge in [-0.1, -0.05) is 25.4 Å². The number of anilines is 2. The third-order valence-electron chi connectivity index (χ3n) is 2.35. The van der Waals surface area contributed by atoms with Crippen LogP contribution in [0.2, 0.25) is 5.02 Å². The van der Waals surface area contributed by atoms with E-state index in [4.69, 9.17) is 17.3 Å². The number of nitrogen functional groups attached to an aromatic ring is 1. The SMILES string of the molecule is CC(C)CC(CO)Nc1ccc(Cl)cc1N. The molecule has 0 saturated heterocycles. The lowest BCUT2D eigenvalue weighted by atomic mass is 10.0. The molecule has 16 heavy (non-hydrogen) atoms. The van der Waals surface area contributed by atoms with Gasteiger partial charge in [0.15, 0.2) is 0 Å². The molecular weight excluding hydrogens is 224 g/mol. The van der Waals surface area contributed by atoms with Crippen molar-refractivity contribution in [2.45, 2.75) is 26.3 Å². The number of aliphatic hydroxyl groups excluding tert-OH is 1. The standard InChI is InChI=1S/C12H19ClN2O/c1-8(2)5-10(7-16)15-12-4-3-9(13)6-11(12)14/h3-4,6,8,10,15-16H,5,7,14H2,1-2H3. The Morgan fingerprint density at radius 3 is 2.62 bits per heavy atom. The largest absolute Gasteiger partial charge is 0.397 e.